The summed E-state index contributed by atoms with van der Waals surface area (Å²) in [5, 5.41) is 12.8. The van der Waals surface area contributed by atoms with Crippen LogP contribution in [-0.2, 0) is 6.54 Å². The lowest BCUT2D eigenvalue weighted by atomic mass is 10.2. The first-order chi connectivity index (χ1) is 9.29. The molecule has 1 aromatic rings. The quantitative estimate of drug-likeness (QED) is 0.648. The number of ether oxygens (including phenoxy) is 1. The van der Waals surface area contributed by atoms with Crippen LogP contribution in [0.4, 0.5) is 0 Å². The summed E-state index contributed by atoms with van der Waals surface area (Å²) in [6.45, 7) is 4.77. The largest absolute Gasteiger partial charge is 0.493 e. The predicted octanol–water partition coefficient (Wildman–Crippen LogP) is 3.38. The molecule has 2 N–H and O–H groups in total. The Morgan fingerprint density at radius 2 is 2.11 bits per heavy atom. The molecular weight excluding hydrogens is 262 g/mol. The summed E-state index contributed by atoms with van der Waals surface area (Å²) in [4.78, 5) is 0. The van der Waals surface area contributed by atoms with E-state index >= 15 is 0 Å². The molecule has 0 saturated carbocycles. The molecule has 0 aliphatic heterocycles. The lowest BCUT2D eigenvalue weighted by molar-refractivity contribution is 0.265. The van der Waals surface area contributed by atoms with Gasteiger partial charge in [-0.2, -0.15) is 0 Å². The Labute approximate surface area is 120 Å². The third-order valence-corrected chi connectivity index (χ3v) is 3.22. The summed E-state index contributed by atoms with van der Waals surface area (Å²) in [5.74, 6) is 0.861. The third-order valence-electron chi connectivity index (χ3n) is 2.86. The lowest BCUT2D eigenvalue weighted by Crippen LogP contribution is -2.15. The highest BCUT2D eigenvalue weighted by molar-refractivity contribution is 6.31. The Morgan fingerprint density at radius 3 is 2.84 bits per heavy atom. The zero-order valence-corrected chi connectivity index (χ0v) is 12.4. The summed E-state index contributed by atoms with van der Waals surface area (Å²) in [6.07, 6.45) is 3.88. The standard InChI is InChI=1S/C15H24ClNO2/c1-2-9-17-12-13-14(16)7-6-8-15(13)19-11-5-3-4-10-18/h6-8,17-18H,2-5,9-12H2,1H3. The minimum absolute atomic E-state index is 0.253. The van der Waals surface area contributed by atoms with Crippen molar-refractivity contribution < 1.29 is 9.84 Å². The molecule has 0 spiro atoms. The molecular formula is C15H24ClNO2. The first-order valence-corrected chi connectivity index (χ1v) is 7.39. The van der Waals surface area contributed by atoms with E-state index in [2.05, 4.69) is 12.2 Å². The van der Waals surface area contributed by atoms with Gasteiger partial charge in [-0.3, -0.25) is 0 Å². The van der Waals surface area contributed by atoms with E-state index in [-0.39, 0.29) is 6.61 Å². The molecule has 0 fully saturated rings. The molecule has 0 unspecified atom stereocenters. The Balaban J connectivity index is 2.48. The maximum absolute atomic E-state index is 8.72. The van der Waals surface area contributed by atoms with Crippen molar-refractivity contribution in [3.63, 3.8) is 0 Å². The molecule has 0 saturated heterocycles. The van der Waals surface area contributed by atoms with Crippen LogP contribution in [-0.4, -0.2) is 24.9 Å². The molecule has 0 radical (unpaired) electrons. The molecule has 0 aliphatic rings. The van der Waals surface area contributed by atoms with E-state index in [1.54, 1.807) is 0 Å². The Hall–Kier alpha value is -0.770. The Morgan fingerprint density at radius 1 is 1.26 bits per heavy atom. The molecule has 0 heterocycles. The van der Waals surface area contributed by atoms with Gasteiger partial charge in [0.2, 0.25) is 0 Å². The van der Waals surface area contributed by atoms with Gasteiger partial charge in [0, 0.05) is 23.7 Å². The second kappa shape index (κ2) is 10.1. The monoisotopic (exact) mass is 285 g/mol. The van der Waals surface area contributed by atoms with E-state index in [9.17, 15) is 0 Å². The number of rotatable bonds is 10. The molecule has 0 aromatic heterocycles. The average molecular weight is 286 g/mol. The number of unbranched alkanes of at least 4 members (excludes halogenated alkanes) is 2. The normalized spacial score (nSPS) is 10.7. The van der Waals surface area contributed by atoms with Crippen LogP contribution in [0.15, 0.2) is 18.2 Å². The van der Waals surface area contributed by atoms with Crippen LogP contribution < -0.4 is 10.1 Å². The van der Waals surface area contributed by atoms with E-state index in [1.807, 2.05) is 18.2 Å². The molecule has 19 heavy (non-hydrogen) atoms. The number of nitrogens with one attached hydrogen (secondary N) is 1. The first-order valence-electron chi connectivity index (χ1n) is 7.01. The molecule has 0 amide bonds. The van der Waals surface area contributed by atoms with E-state index in [1.165, 1.54) is 0 Å². The fourth-order valence-corrected chi connectivity index (χ4v) is 2.04. The Kier molecular flexibility index (Phi) is 8.63. The van der Waals surface area contributed by atoms with E-state index < -0.39 is 0 Å². The second-order valence-corrected chi connectivity index (χ2v) is 4.93. The van der Waals surface area contributed by atoms with Gasteiger partial charge < -0.3 is 15.2 Å². The highest BCUT2D eigenvalue weighted by atomic mass is 35.5. The smallest absolute Gasteiger partial charge is 0.125 e. The van der Waals surface area contributed by atoms with Gasteiger partial charge in [-0.1, -0.05) is 24.6 Å². The zero-order chi connectivity index (χ0) is 13.9. The molecule has 0 atom stereocenters. The van der Waals surface area contributed by atoms with Crippen LogP contribution in [0.3, 0.4) is 0 Å². The van der Waals surface area contributed by atoms with Gasteiger partial charge >= 0.3 is 0 Å². The predicted molar refractivity (Wildman–Crippen MR) is 79.9 cm³/mol. The van der Waals surface area contributed by atoms with Crippen molar-refractivity contribution in [3.8, 4) is 5.75 Å². The first kappa shape index (κ1) is 16.3. The summed E-state index contributed by atoms with van der Waals surface area (Å²) >= 11 is 6.22. The third kappa shape index (κ3) is 6.28. The van der Waals surface area contributed by atoms with Crippen molar-refractivity contribution in [2.75, 3.05) is 19.8 Å². The number of aliphatic hydroxyl groups excluding tert-OH is 1. The number of hydrogen-bond donors (Lipinski definition) is 2. The summed E-state index contributed by atoms with van der Waals surface area (Å²) < 4.78 is 5.79. The maximum Gasteiger partial charge on any atom is 0.125 e. The minimum atomic E-state index is 0.253. The number of benzene rings is 1. The topological polar surface area (TPSA) is 41.5 Å². The number of aliphatic hydroxyl groups is 1. The zero-order valence-electron chi connectivity index (χ0n) is 11.6. The molecule has 1 rings (SSSR count). The number of halogens is 1. The minimum Gasteiger partial charge on any atom is -0.493 e. The molecule has 0 aliphatic carbocycles. The summed E-state index contributed by atoms with van der Waals surface area (Å²) in [6, 6.07) is 5.76. The van der Waals surface area contributed by atoms with Gasteiger partial charge in [0.15, 0.2) is 0 Å². The van der Waals surface area contributed by atoms with E-state index in [4.69, 9.17) is 21.4 Å². The SMILES string of the molecule is CCCNCc1c(Cl)cccc1OCCCCCO. The van der Waals surface area contributed by atoms with Crippen molar-refractivity contribution in [2.24, 2.45) is 0 Å². The van der Waals surface area contributed by atoms with Crippen molar-refractivity contribution >= 4 is 11.6 Å². The molecule has 0 bridgehead atoms. The number of hydrogen-bond acceptors (Lipinski definition) is 3. The fourth-order valence-electron chi connectivity index (χ4n) is 1.81. The van der Waals surface area contributed by atoms with Crippen molar-refractivity contribution in [1.82, 2.24) is 5.32 Å². The van der Waals surface area contributed by atoms with Gasteiger partial charge in [0.25, 0.3) is 0 Å². The van der Waals surface area contributed by atoms with Crippen molar-refractivity contribution in [1.29, 1.82) is 0 Å². The highest BCUT2D eigenvalue weighted by Crippen LogP contribution is 2.26. The molecule has 3 nitrogen and oxygen atoms in total. The van der Waals surface area contributed by atoms with Crippen molar-refractivity contribution in [3.05, 3.63) is 28.8 Å². The highest BCUT2D eigenvalue weighted by Gasteiger charge is 2.07. The van der Waals surface area contributed by atoms with E-state index in [0.717, 1.165) is 55.1 Å². The van der Waals surface area contributed by atoms with Gasteiger partial charge in [-0.15, -0.1) is 0 Å². The van der Waals surface area contributed by atoms with Crippen LogP contribution in [0.2, 0.25) is 5.02 Å². The van der Waals surface area contributed by atoms with Crippen LogP contribution in [0.5, 0.6) is 5.75 Å². The van der Waals surface area contributed by atoms with Crippen LogP contribution in [0.25, 0.3) is 0 Å². The van der Waals surface area contributed by atoms with Crippen LogP contribution in [0, 0.1) is 0 Å². The van der Waals surface area contributed by atoms with Gasteiger partial charge in [-0.25, -0.2) is 0 Å². The van der Waals surface area contributed by atoms with Gasteiger partial charge in [0.05, 0.1) is 6.61 Å². The molecule has 4 heteroatoms. The van der Waals surface area contributed by atoms with E-state index in [0.29, 0.717) is 6.61 Å². The van der Waals surface area contributed by atoms with Gasteiger partial charge in [0.1, 0.15) is 5.75 Å². The molecule has 1 aromatic carbocycles. The molecule has 108 valence electrons. The maximum atomic E-state index is 8.72. The second-order valence-electron chi connectivity index (χ2n) is 4.53. The average Bonchev–Trinajstić information content (AvgIpc) is 2.41. The lowest BCUT2D eigenvalue weighted by Gasteiger charge is -2.13. The van der Waals surface area contributed by atoms with Crippen molar-refractivity contribution in [2.45, 2.75) is 39.2 Å². The van der Waals surface area contributed by atoms with Crippen LogP contribution in [0.1, 0.15) is 38.2 Å². The summed E-state index contributed by atoms with van der Waals surface area (Å²) in [5.41, 5.74) is 1.03. The summed E-state index contributed by atoms with van der Waals surface area (Å²) in [7, 11) is 0. The fraction of sp³-hybridized carbons (Fsp3) is 0.600. The van der Waals surface area contributed by atoms with Gasteiger partial charge in [-0.05, 0) is 44.4 Å². The van der Waals surface area contributed by atoms with Crippen LogP contribution >= 0.6 is 11.6 Å². The Bertz CT molecular complexity index is 358.